The van der Waals surface area contributed by atoms with E-state index in [2.05, 4.69) is 6.92 Å². The molecule has 0 aromatic heterocycles. The number of carbonyl (C=O) groups excluding carboxylic acids is 1. The highest BCUT2D eigenvalue weighted by atomic mass is 19.4. The van der Waals surface area contributed by atoms with Gasteiger partial charge in [0.25, 0.3) is 0 Å². The quantitative estimate of drug-likeness (QED) is 0.329. The molecule has 0 saturated carbocycles. The summed E-state index contributed by atoms with van der Waals surface area (Å²) < 4.78 is 31.7. The second-order valence-corrected chi connectivity index (χ2v) is 5.68. The Morgan fingerprint density at radius 3 is 1.72 bits per heavy atom. The van der Waals surface area contributed by atoms with Gasteiger partial charge in [-0.1, -0.05) is 70.9 Å². The number of aliphatic carboxylic acids is 1. The van der Waals surface area contributed by atoms with E-state index in [-0.39, 0.29) is 5.78 Å². The highest BCUT2D eigenvalue weighted by molar-refractivity contribution is 5.99. The van der Waals surface area contributed by atoms with Gasteiger partial charge in [0, 0.05) is 0 Å². The normalized spacial score (nSPS) is 11.6. The molecule has 0 bridgehead atoms. The molecule has 0 aromatic rings. The number of hydrogen-bond acceptors (Lipinski definition) is 2. The number of carboxylic acid groups (broad SMARTS) is 1. The molecular weight excluding hydrogens is 333 g/mol. The summed E-state index contributed by atoms with van der Waals surface area (Å²) in [4.78, 5) is 20.2. The molecule has 0 aliphatic heterocycles. The Morgan fingerprint density at radius 2 is 1.28 bits per heavy atom. The van der Waals surface area contributed by atoms with E-state index >= 15 is 0 Å². The Labute approximate surface area is 149 Å². The van der Waals surface area contributed by atoms with Gasteiger partial charge in [-0.15, -0.1) is 0 Å². The topological polar surface area (TPSA) is 54.4 Å². The Kier molecular flexibility index (Phi) is 17.7. The van der Waals surface area contributed by atoms with Gasteiger partial charge in [0.15, 0.2) is 5.78 Å². The van der Waals surface area contributed by atoms with Crippen LogP contribution in [0, 0.1) is 0 Å². The monoisotopic (exact) mass is 364 g/mol. The smallest absolute Gasteiger partial charge is 0.475 e. The van der Waals surface area contributed by atoms with Gasteiger partial charge in [0.2, 0.25) is 0 Å². The molecule has 0 fully saturated rings. The zero-order chi connectivity index (χ0) is 19.6. The molecule has 0 saturated heterocycles. The zero-order valence-corrected chi connectivity index (χ0v) is 15.3. The van der Waals surface area contributed by atoms with Crippen LogP contribution in [0.2, 0.25) is 0 Å². The van der Waals surface area contributed by atoms with Crippen LogP contribution in [-0.2, 0) is 9.59 Å². The second kappa shape index (κ2) is 17.2. The van der Waals surface area contributed by atoms with Crippen molar-refractivity contribution in [3.63, 3.8) is 0 Å². The highest BCUT2D eigenvalue weighted by Gasteiger charge is 2.38. The Morgan fingerprint density at radius 1 is 0.840 bits per heavy atom. The van der Waals surface area contributed by atoms with Crippen LogP contribution in [0.1, 0.15) is 78.1 Å². The molecule has 1 N–H and O–H groups in total. The van der Waals surface area contributed by atoms with Crippen molar-refractivity contribution in [3.05, 3.63) is 24.3 Å². The number of unbranched alkanes of at least 4 members (excludes halogenated alkanes) is 8. The molecule has 25 heavy (non-hydrogen) atoms. The molecular formula is C19H31F3O3. The van der Waals surface area contributed by atoms with Crippen molar-refractivity contribution in [1.82, 2.24) is 0 Å². The number of allylic oxidation sites excluding steroid dienone is 4. The lowest BCUT2D eigenvalue weighted by Gasteiger charge is -1.99. The van der Waals surface area contributed by atoms with E-state index in [1.165, 1.54) is 51.4 Å². The minimum atomic E-state index is -5.08. The molecule has 0 aliphatic carbocycles. The largest absolute Gasteiger partial charge is 0.490 e. The number of carboxylic acids is 1. The third-order valence-electron chi connectivity index (χ3n) is 3.27. The number of hydrogen-bond donors (Lipinski definition) is 1. The molecule has 0 spiro atoms. The first kappa shape index (κ1) is 25.6. The predicted octanol–water partition coefficient (Wildman–Crippen LogP) is 6.24. The third kappa shape index (κ3) is 22.4. The molecule has 0 amide bonds. The number of carbonyl (C=O) groups is 2. The standard InChI is InChI=1S/C17H30O.C2HF3O2/c1-3-5-7-8-9-10-11-12-13-14-16-17(18)15-6-4-2;3-2(4,5)1(6)7/h6,14-16H,3-5,7-13H2,1-2H3;(H,6,7). The maximum atomic E-state index is 11.3. The molecule has 0 aliphatic rings. The van der Waals surface area contributed by atoms with E-state index in [1.807, 2.05) is 19.1 Å². The van der Waals surface area contributed by atoms with Crippen molar-refractivity contribution in [3.8, 4) is 0 Å². The van der Waals surface area contributed by atoms with Gasteiger partial charge >= 0.3 is 12.1 Å². The lowest BCUT2D eigenvalue weighted by Crippen LogP contribution is -2.21. The lowest BCUT2D eigenvalue weighted by atomic mass is 10.1. The molecule has 6 heteroatoms. The van der Waals surface area contributed by atoms with Crippen LogP contribution < -0.4 is 0 Å². The SMILES string of the molecule is CCC=CC(=O)C=CCCCCCCCCCC.O=C(O)C(F)(F)F. The Hall–Kier alpha value is -1.59. The molecule has 0 radical (unpaired) electrons. The highest BCUT2D eigenvalue weighted by Crippen LogP contribution is 2.13. The molecule has 0 unspecified atom stereocenters. The first-order valence-electron chi connectivity index (χ1n) is 8.92. The number of rotatable bonds is 12. The van der Waals surface area contributed by atoms with Crippen molar-refractivity contribution < 1.29 is 27.9 Å². The number of halogens is 3. The van der Waals surface area contributed by atoms with Crippen molar-refractivity contribution in [2.24, 2.45) is 0 Å². The summed E-state index contributed by atoms with van der Waals surface area (Å²) in [6.07, 6.45) is 14.9. The summed E-state index contributed by atoms with van der Waals surface area (Å²) in [5, 5.41) is 7.12. The molecule has 0 aromatic carbocycles. The van der Waals surface area contributed by atoms with Crippen molar-refractivity contribution in [1.29, 1.82) is 0 Å². The van der Waals surface area contributed by atoms with E-state index in [9.17, 15) is 18.0 Å². The number of ketones is 1. The molecule has 146 valence electrons. The maximum Gasteiger partial charge on any atom is 0.490 e. The first-order valence-corrected chi connectivity index (χ1v) is 8.92. The summed E-state index contributed by atoms with van der Waals surface area (Å²) >= 11 is 0. The molecule has 0 rings (SSSR count). The van der Waals surface area contributed by atoms with Gasteiger partial charge in [0.05, 0.1) is 0 Å². The van der Waals surface area contributed by atoms with Gasteiger partial charge in [-0.25, -0.2) is 4.79 Å². The van der Waals surface area contributed by atoms with E-state index in [4.69, 9.17) is 9.90 Å². The van der Waals surface area contributed by atoms with E-state index in [0.29, 0.717) is 0 Å². The van der Waals surface area contributed by atoms with Crippen LogP contribution in [0.4, 0.5) is 13.2 Å². The molecule has 0 atom stereocenters. The summed E-state index contributed by atoms with van der Waals surface area (Å²) in [6, 6.07) is 0. The van der Waals surface area contributed by atoms with Crippen LogP contribution in [-0.4, -0.2) is 23.0 Å². The van der Waals surface area contributed by atoms with E-state index < -0.39 is 12.1 Å². The predicted molar refractivity (Wildman–Crippen MR) is 94.5 cm³/mol. The average molecular weight is 364 g/mol. The van der Waals surface area contributed by atoms with Gasteiger partial charge in [0.1, 0.15) is 0 Å². The Bertz CT molecular complexity index is 399. The van der Waals surface area contributed by atoms with E-state index in [0.717, 1.165) is 12.8 Å². The van der Waals surface area contributed by atoms with Crippen molar-refractivity contribution in [2.75, 3.05) is 0 Å². The van der Waals surface area contributed by atoms with E-state index in [1.54, 1.807) is 12.2 Å². The maximum absolute atomic E-state index is 11.3. The van der Waals surface area contributed by atoms with Gasteiger partial charge in [-0.3, -0.25) is 4.79 Å². The fraction of sp³-hybridized carbons (Fsp3) is 0.684. The molecule has 3 nitrogen and oxygen atoms in total. The summed E-state index contributed by atoms with van der Waals surface area (Å²) in [6.45, 7) is 4.29. The van der Waals surface area contributed by atoms with Gasteiger partial charge in [-0.05, 0) is 31.4 Å². The number of alkyl halides is 3. The third-order valence-corrected chi connectivity index (χ3v) is 3.27. The van der Waals surface area contributed by atoms with Crippen LogP contribution in [0.15, 0.2) is 24.3 Å². The fourth-order valence-electron chi connectivity index (χ4n) is 1.89. The lowest BCUT2D eigenvalue weighted by molar-refractivity contribution is -0.192. The van der Waals surface area contributed by atoms with Crippen LogP contribution in [0.3, 0.4) is 0 Å². The minimum Gasteiger partial charge on any atom is -0.475 e. The van der Waals surface area contributed by atoms with Crippen molar-refractivity contribution in [2.45, 2.75) is 84.2 Å². The summed E-state index contributed by atoms with van der Waals surface area (Å²) in [5.41, 5.74) is 0. The zero-order valence-electron chi connectivity index (χ0n) is 15.3. The minimum absolute atomic E-state index is 0.122. The summed E-state index contributed by atoms with van der Waals surface area (Å²) in [5.74, 6) is -2.64. The first-order chi connectivity index (χ1) is 11.8. The fourth-order valence-corrected chi connectivity index (χ4v) is 1.89. The van der Waals surface area contributed by atoms with Crippen molar-refractivity contribution >= 4 is 11.8 Å². The second-order valence-electron chi connectivity index (χ2n) is 5.68. The molecule has 0 heterocycles. The van der Waals surface area contributed by atoms with Crippen LogP contribution >= 0.6 is 0 Å². The average Bonchev–Trinajstić information content (AvgIpc) is 2.54. The van der Waals surface area contributed by atoms with Gasteiger partial charge in [-0.2, -0.15) is 13.2 Å². The van der Waals surface area contributed by atoms with Crippen LogP contribution in [0.25, 0.3) is 0 Å². The van der Waals surface area contributed by atoms with Crippen LogP contribution in [0.5, 0.6) is 0 Å². The summed E-state index contributed by atoms with van der Waals surface area (Å²) in [7, 11) is 0. The van der Waals surface area contributed by atoms with Gasteiger partial charge < -0.3 is 5.11 Å². The Balaban J connectivity index is 0.